The first-order valence-electron chi connectivity index (χ1n) is 6.42. The lowest BCUT2D eigenvalue weighted by atomic mass is 10.3. The highest BCUT2D eigenvalue weighted by atomic mass is 79.9. The van der Waals surface area contributed by atoms with E-state index in [1.807, 2.05) is 13.0 Å². The van der Waals surface area contributed by atoms with E-state index in [1.165, 1.54) is 11.4 Å². The van der Waals surface area contributed by atoms with E-state index in [-0.39, 0.29) is 4.90 Å². The molecule has 0 aromatic heterocycles. The topological polar surface area (TPSA) is 46.6 Å². The Morgan fingerprint density at radius 1 is 1.14 bits per heavy atom. The van der Waals surface area contributed by atoms with Crippen LogP contribution in [0.5, 0.6) is 5.75 Å². The third-order valence-electron chi connectivity index (χ3n) is 2.96. The SMILES string of the molecule is CCOc1ccc(S(=O)(=O)N(C)c2cccc(Br)c2)cc1. The van der Waals surface area contributed by atoms with Crippen LogP contribution in [0.15, 0.2) is 57.9 Å². The summed E-state index contributed by atoms with van der Waals surface area (Å²) in [6, 6.07) is 13.6. The maximum Gasteiger partial charge on any atom is 0.264 e. The minimum absolute atomic E-state index is 0.230. The largest absolute Gasteiger partial charge is 0.494 e. The Morgan fingerprint density at radius 3 is 2.38 bits per heavy atom. The lowest BCUT2D eigenvalue weighted by molar-refractivity contribution is 0.340. The van der Waals surface area contributed by atoms with Crippen molar-refractivity contribution in [3.63, 3.8) is 0 Å². The maximum atomic E-state index is 12.6. The summed E-state index contributed by atoms with van der Waals surface area (Å²) >= 11 is 3.34. The molecule has 0 amide bonds. The van der Waals surface area contributed by atoms with Gasteiger partial charge in [-0.3, -0.25) is 4.31 Å². The Kier molecular flexibility index (Phi) is 4.90. The number of halogens is 1. The van der Waals surface area contributed by atoms with Crippen molar-refractivity contribution in [2.75, 3.05) is 18.0 Å². The van der Waals surface area contributed by atoms with Gasteiger partial charge in [0.05, 0.1) is 17.2 Å². The number of ether oxygens (including phenoxy) is 1. The molecule has 0 N–H and O–H groups in total. The van der Waals surface area contributed by atoms with Crippen LogP contribution in [0.1, 0.15) is 6.92 Å². The Labute approximate surface area is 133 Å². The van der Waals surface area contributed by atoms with E-state index in [4.69, 9.17) is 4.74 Å². The molecule has 0 heterocycles. The van der Waals surface area contributed by atoms with Gasteiger partial charge in [0.2, 0.25) is 0 Å². The van der Waals surface area contributed by atoms with Gasteiger partial charge in [-0.15, -0.1) is 0 Å². The Morgan fingerprint density at radius 2 is 1.81 bits per heavy atom. The van der Waals surface area contributed by atoms with Gasteiger partial charge in [0.25, 0.3) is 10.0 Å². The number of rotatable bonds is 5. The van der Waals surface area contributed by atoms with Crippen molar-refractivity contribution < 1.29 is 13.2 Å². The molecule has 6 heteroatoms. The minimum atomic E-state index is -3.58. The number of benzene rings is 2. The fourth-order valence-corrected chi connectivity index (χ4v) is 3.42. The highest BCUT2D eigenvalue weighted by molar-refractivity contribution is 9.10. The number of nitrogens with zero attached hydrogens (tertiary/aromatic N) is 1. The highest BCUT2D eigenvalue weighted by Crippen LogP contribution is 2.25. The van der Waals surface area contributed by atoms with Crippen molar-refractivity contribution in [2.45, 2.75) is 11.8 Å². The van der Waals surface area contributed by atoms with E-state index in [9.17, 15) is 8.42 Å². The standard InChI is InChI=1S/C15H16BrNO3S/c1-3-20-14-7-9-15(10-8-14)21(18,19)17(2)13-6-4-5-12(16)11-13/h4-11H,3H2,1-2H3. The molecule has 0 atom stereocenters. The van der Waals surface area contributed by atoms with Gasteiger partial charge in [0.15, 0.2) is 0 Å². The van der Waals surface area contributed by atoms with Crippen LogP contribution in [-0.4, -0.2) is 22.1 Å². The van der Waals surface area contributed by atoms with Crippen LogP contribution < -0.4 is 9.04 Å². The third-order valence-corrected chi connectivity index (χ3v) is 5.26. The molecular weight excluding hydrogens is 354 g/mol. The number of anilines is 1. The Bertz CT molecular complexity index is 714. The summed E-state index contributed by atoms with van der Waals surface area (Å²) in [4.78, 5) is 0.230. The predicted octanol–water partition coefficient (Wildman–Crippen LogP) is 3.67. The lowest BCUT2D eigenvalue weighted by Crippen LogP contribution is -2.26. The molecule has 0 aliphatic rings. The van der Waals surface area contributed by atoms with Gasteiger partial charge in [-0.05, 0) is 49.4 Å². The van der Waals surface area contributed by atoms with E-state index in [2.05, 4.69) is 15.9 Å². The van der Waals surface area contributed by atoms with Crippen LogP contribution in [0.2, 0.25) is 0 Å². The van der Waals surface area contributed by atoms with Crippen LogP contribution in [0, 0.1) is 0 Å². The fourth-order valence-electron chi connectivity index (χ4n) is 1.84. The molecule has 0 radical (unpaired) electrons. The van der Waals surface area contributed by atoms with E-state index in [0.29, 0.717) is 18.0 Å². The summed E-state index contributed by atoms with van der Waals surface area (Å²) in [5, 5.41) is 0. The third kappa shape index (κ3) is 3.57. The predicted molar refractivity (Wildman–Crippen MR) is 87.3 cm³/mol. The van der Waals surface area contributed by atoms with Crippen molar-refractivity contribution >= 4 is 31.6 Å². The molecule has 0 fully saturated rings. The molecule has 2 aromatic rings. The number of sulfonamides is 1. The summed E-state index contributed by atoms with van der Waals surface area (Å²) in [5.74, 6) is 0.654. The molecule has 2 aromatic carbocycles. The summed E-state index contributed by atoms with van der Waals surface area (Å²) in [6.07, 6.45) is 0. The average Bonchev–Trinajstić information content (AvgIpc) is 2.47. The summed E-state index contributed by atoms with van der Waals surface area (Å²) in [6.45, 7) is 2.43. The molecule has 112 valence electrons. The molecule has 0 aliphatic heterocycles. The van der Waals surface area contributed by atoms with E-state index in [1.54, 1.807) is 42.5 Å². The van der Waals surface area contributed by atoms with Crippen LogP contribution in [0.25, 0.3) is 0 Å². The molecule has 0 saturated heterocycles. The van der Waals surface area contributed by atoms with Gasteiger partial charge in [0, 0.05) is 11.5 Å². The van der Waals surface area contributed by atoms with E-state index >= 15 is 0 Å². The molecule has 4 nitrogen and oxygen atoms in total. The van der Waals surface area contributed by atoms with Crippen molar-refractivity contribution in [3.8, 4) is 5.75 Å². The molecule has 0 aliphatic carbocycles. The first kappa shape index (κ1) is 15.9. The van der Waals surface area contributed by atoms with Crippen molar-refractivity contribution in [1.29, 1.82) is 0 Å². The molecule has 0 spiro atoms. The molecule has 21 heavy (non-hydrogen) atoms. The first-order valence-corrected chi connectivity index (χ1v) is 8.66. The van der Waals surface area contributed by atoms with Gasteiger partial charge >= 0.3 is 0 Å². The molecular formula is C15H16BrNO3S. The second-order valence-electron chi connectivity index (χ2n) is 4.36. The van der Waals surface area contributed by atoms with Crippen LogP contribution >= 0.6 is 15.9 Å². The quantitative estimate of drug-likeness (QED) is 0.807. The fraction of sp³-hybridized carbons (Fsp3) is 0.200. The van der Waals surface area contributed by atoms with Crippen LogP contribution in [0.3, 0.4) is 0 Å². The minimum Gasteiger partial charge on any atom is -0.494 e. The Hall–Kier alpha value is -1.53. The second kappa shape index (κ2) is 6.49. The normalized spacial score (nSPS) is 11.2. The zero-order chi connectivity index (χ0) is 15.5. The van der Waals surface area contributed by atoms with Gasteiger partial charge in [-0.25, -0.2) is 8.42 Å². The highest BCUT2D eigenvalue weighted by Gasteiger charge is 2.21. The van der Waals surface area contributed by atoms with E-state index < -0.39 is 10.0 Å². The van der Waals surface area contributed by atoms with Crippen LogP contribution in [0.4, 0.5) is 5.69 Å². The van der Waals surface area contributed by atoms with E-state index in [0.717, 1.165) is 4.47 Å². The first-order chi connectivity index (χ1) is 9.95. The van der Waals surface area contributed by atoms with Gasteiger partial charge in [-0.1, -0.05) is 22.0 Å². The maximum absolute atomic E-state index is 12.6. The number of hydrogen-bond acceptors (Lipinski definition) is 3. The number of hydrogen-bond donors (Lipinski definition) is 0. The lowest BCUT2D eigenvalue weighted by Gasteiger charge is -2.20. The van der Waals surface area contributed by atoms with Gasteiger partial charge in [-0.2, -0.15) is 0 Å². The average molecular weight is 370 g/mol. The van der Waals surface area contributed by atoms with Gasteiger partial charge < -0.3 is 4.74 Å². The summed E-state index contributed by atoms with van der Waals surface area (Å²) in [5.41, 5.74) is 0.596. The Balaban J connectivity index is 2.32. The molecule has 0 bridgehead atoms. The zero-order valence-electron chi connectivity index (χ0n) is 11.8. The van der Waals surface area contributed by atoms with Crippen molar-refractivity contribution in [1.82, 2.24) is 0 Å². The smallest absolute Gasteiger partial charge is 0.264 e. The monoisotopic (exact) mass is 369 g/mol. The van der Waals surface area contributed by atoms with Gasteiger partial charge in [0.1, 0.15) is 5.75 Å². The van der Waals surface area contributed by atoms with Crippen molar-refractivity contribution in [3.05, 3.63) is 53.0 Å². The van der Waals surface area contributed by atoms with Crippen LogP contribution in [-0.2, 0) is 10.0 Å². The molecule has 0 saturated carbocycles. The molecule has 2 rings (SSSR count). The summed E-state index contributed by atoms with van der Waals surface area (Å²) in [7, 11) is -2.05. The summed E-state index contributed by atoms with van der Waals surface area (Å²) < 4.78 is 32.6. The second-order valence-corrected chi connectivity index (χ2v) is 7.24. The molecule has 0 unspecified atom stereocenters. The van der Waals surface area contributed by atoms with Crippen molar-refractivity contribution in [2.24, 2.45) is 0 Å². The zero-order valence-corrected chi connectivity index (χ0v) is 14.2.